The number of aromatic amines is 1. The minimum Gasteiger partial charge on any atom is -0.339 e. The summed E-state index contributed by atoms with van der Waals surface area (Å²) in [5.74, 6) is 0.736. The molecule has 0 aliphatic heterocycles. The van der Waals surface area contributed by atoms with Crippen molar-refractivity contribution in [3.8, 4) is 5.69 Å². The summed E-state index contributed by atoms with van der Waals surface area (Å²) < 4.78 is 1.81. The van der Waals surface area contributed by atoms with Crippen molar-refractivity contribution in [1.29, 1.82) is 0 Å². The molecule has 7 nitrogen and oxygen atoms in total. The van der Waals surface area contributed by atoms with Crippen molar-refractivity contribution in [2.75, 3.05) is 11.6 Å². The van der Waals surface area contributed by atoms with Crippen LogP contribution in [0.4, 0.5) is 11.5 Å². The summed E-state index contributed by atoms with van der Waals surface area (Å²) in [5, 5.41) is 16.5. The maximum Gasteiger partial charge on any atom is 0.161 e. The number of hydrogen-bond acceptors (Lipinski definition) is 6. The van der Waals surface area contributed by atoms with E-state index in [4.69, 9.17) is 0 Å². The number of anilines is 2. The van der Waals surface area contributed by atoms with Crippen LogP contribution in [0.15, 0.2) is 54.1 Å². The quantitative estimate of drug-likeness (QED) is 0.562. The zero-order valence-corrected chi connectivity index (χ0v) is 13.1. The van der Waals surface area contributed by atoms with Gasteiger partial charge in [0.15, 0.2) is 5.65 Å². The van der Waals surface area contributed by atoms with Gasteiger partial charge in [0.1, 0.15) is 17.2 Å². The van der Waals surface area contributed by atoms with Crippen LogP contribution in [0.5, 0.6) is 0 Å². The molecule has 0 saturated heterocycles. The first-order valence-corrected chi connectivity index (χ1v) is 8.18. The van der Waals surface area contributed by atoms with E-state index in [9.17, 15) is 0 Å². The molecule has 0 spiro atoms. The van der Waals surface area contributed by atoms with E-state index in [1.807, 2.05) is 47.5 Å². The van der Waals surface area contributed by atoms with Gasteiger partial charge in [0.05, 0.1) is 11.1 Å². The first kappa shape index (κ1) is 13.8. The molecule has 0 fully saturated rings. The summed E-state index contributed by atoms with van der Waals surface area (Å²) in [6, 6.07) is 9.87. The van der Waals surface area contributed by atoms with E-state index in [2.05, 4.69) is 30.6 Å². The van der Waals surface area contributed by atoms with Gasteiger partial charge < -0.3 is 5.32 Å². The predicted molar refractivity (Wildman–Crippen MR) is 90.3 cm³/mol. The smallest absolute Gasteiger partial charge is 0.161 e. The third kappa shape index (κ3) is 2.53. The van der Waals surface area contributed by atoms with Gasteiger partial charge in [0.2, 0.25) is 0 Å². The standard InChI is InChI=1S/C15H13N7S/c1-23-15-12-13(16-9-17-14(12)20-21-15)19-10-3-5-11(6-4-10)22-8-2-7-18-22/h2-9H,1H3,(H2,16,17,19,20,21). The Bertz CT molecular complexity index is 928. The fourth-order valence-corrected chi connectivity index (χ4v) is 2.87. The molecule has 2 N–H and O–H groups in total. The highest BCUT2D eigenvalue weighted by molar-refractivity contribution is 7.98. The number of nitrogens with one attached hydrogen (secondary N) is 2. The molecule has 4 rings (SSSR count). The molecule has 0 bridgehead atoms. The number of benzene rings is 1. The Morgan fingerprint density at radius 2 is 2.04 bits per heavy atom. The van der Waals surface area contributed by atoms with E-state index < -0.39 is 0 Å². The van der Waals surface area contributed by atoms with Crippen LogP contribution >= 0.6 is 11.8 Å². The molecule has 114 valence electrons. The Labute approximate surface area is 136 Å². The Morgan fingerprint density at radius 1 is 1.17 bits per heavy atom. The molecule has 3 heterocycles. The Morgan fingerprint density at radius 3 is 2.78 bits per heavy atom. The number of hydrogen-bond donors (Lipinski definition) is 2. The van der Waals surface area contributed by atoms with Crippen LogP contribution in [-0.4, -0.2) is 36.2 Å². The van der Waals surface area contributed by atoms with Gasteiger partial charge in [0, 0.05) is 18.1 Å². The number of rotatable bonds is 4. The number of aromatic nitrogens is 6. The van der Waals surface area contributed by atoms with Crippen LogP contribution < -0.4 is 5.32 Å². The van der Waals surface area contributed by atoms with Crippen LogP contribution in [0.1, 0.15) is 0 Å². The monoisotopic (exact) mass is 323 g/mol. The van der Waals surface area contributed by atoms with E-state index in [-0.39, 0.29) is 0 Å². The van der Waals surface area contributed by atoms with E-state index in [1.165, 1.54) is 6.33 Å². The fourth-order valence-electron chi connectivity index (χ4n) is 2.33. The molecule has 0 saturated carbocycles. The van der Waals surface area contributed by atoms with E-state index >= 15 is 0 Å². The minimum atomic E-state index is 0.722. The Kier molecular flexibility index (Phi) is 3.43. The normalized spacial score (nSPS) is 11.0. The summed E-state index contributed by atoms with van der Waals surface area (Å²) in [6.45, 7) is 0. The van der Waals surface area contributed by atoms with Crippen LogP contribution in [0.2, 0.25) is 0 Å². The van der Waals surface area contributed by atoms with Crippen LogP contribution in [-0.2, 0) is 0 Å². The van der Waals surface area contributed by atoms with Gasteiger partial charge in [-0.25, -0.2) is 14.6 Å². The average Bonchev–Trinajstić information content (AvgIpc) is 3.25. The van der Waals surface area contributed by atoms with Crippen molar-refractivity contribution in [3.63, 3.8) is 0 Å². The van der Waals surface area contributed by atoms with Crippen LogP contribution in [0.25, 0.3) is 16.7 Å². The van der Waals surface area contributed by atoms with Crippen LogP contribution in [0, 0.1) is 0 Å². The highest BCUT2D eigenvalue weighted by Crippen LogP contribution is 2.29. The minimum absolute atomic E-state index is 0.722. The predicted octanol–water partition coefficient (Wildman–Crippen LogP) is 3.00. The molecule has 23 heavy (non-hydrogen) atoms. The number of fused-ring (bicyclic) bond motifs is 1. The van der Waals surface area contributed by atoms with E-state index in [0.717, 1.165) is 33.3 Å². The molecule has 0 amide bonds. The molecule has 1 aromatic carbocycles. The molecule has 0 aliphatic rings. The Hall–Kier alpha value is -2.87. The van der Waals surface area contributed by atoms with Crippen molar-refractivity contribution >= 4 is 34.3 Å². The fraction of sp³-hybridized carbons (Fsp3) is 0.0667. The Balaban J connectivity index is 1.67. The number of thioether (sulfide) groups is 1. The van der Waals surface area contributed by atoms with Crippen molar-refractivity contribution in [2.24, 2.45) is 0 Å². The first-order valence-electron chi connectivity index (χ1n) is 6.95. The van der Waals surface area contributed by atoms with Crippen molar-refractivity contribution in [1.82, 2.24) is 29.9 Å². The van der Waals surface area contributed by atoms with Crippen molar-refractivity contribution < 1.29 is 0 Å². The molecule has 0 aliphatic carbocycles. The number of H-pyrrole nitrogens is 1. The van der Waals surface area contributed by atoms with Gasteiger partial charge in [-0.15, -0.1) is 11.8 Å². The topological polar surface area (TPSA) is 84.3 Å². The lowest BCUT2D eigenvalue weighted by Crippen LogP contribution is -1.97. The van der Waals surface area contributed by atoms with Gasteiger partial charge in [-0.3, -0.25) is 5.10 Å². The molecular formula is C15H13N7S. The third-order valence-electron chi connectivity index (χ3n) is 3.42. The van der Waals surface area contributed by atoms with E-state index in [0.29, 0.717) is 0 Å². The van der Waals surface area contributed by atoms with Crippen molar-refractivity contribution in [3.05, 3.63) is 49.1 Å². The molecule has 3 aromatic heterocycles. The van der Waals surface area contributed by atoms with Crippen LogP contribution in [0.3, 0.4) is 0 Å². The lowest BCUT2D eigenvalue weighted by atomic mass is 10.2. The van der Waals surface area contributed by atoms with Gasteiger partial charge in [-0.05, 0) is 36.6 Å². The molecule has 4 aromatic rings. The summed E-state index contributed by atoms with van der Waals surface area (Å²) in [4.78, 5) is 8.55. The highest BCUT2D eigenvalue weighted by atomic mass is 32.2. The zero-order chi connectivity index (χ0) is 15.6. The van der Waals surface area contributed by atoms with Gasteiger partial charge >= 0.3 is 0 Å². The SMILES string of the molecule is CSc1n[nH]c2ncnc(Nc3ccc(-n4cccn4)cc3)c12. The summed E-state index contributed by atoms with van der Waals surface area (Å²) in [7, 11) is 0. The summed E-state index contributed by atoms with van der Waals surface area (Å²) >= 11 is 1.56. The zero-order valence-electron chi connectivity index (χ0n) is 12.3. The maximum atomic E-state index is 4.34. The lowest BCUT2D eigenvalue weighted by molar-refractivity contribution is 0.881. The molecule has 0 unspecified atom stereocenters. The highest BCUT2D eigenvalue weighted by Gasteiger charge is 2.12. The largest absolute Gasteiger partial charge is 0.339 e. The second-order valence-corrected chi connectivity index (χ2v) is 5.60. The van der Waals surface area contributed by atoms with Crippen molar-refractivity contribution in [2.45, 2.75) is 5.03 Å². The number of nitrogens with zero attached hydrogens (tertiary/aromatic N) is 5. The van der Waals surface area contributed by atoms with Gasteiger partial charge in [0.25, 0.3) is 0 Å². The van der Waals surface area contributed by atoms with Gasteiger partial charge in [-0.2, -0.15) is 10.2 Å². The maximum absolute atomic E-state index is 4.34. The molecule has 0 radical (unpaired) electrons. The molecule has 8 heteroatoms. The molecule has 0 atom stereocenters. The second kappa shape index (κ2) is 5.73. The summed E-state index contributed by atoms with van der Waals surface area (Å²) in [5.41, 5.74) is 2.66. The van der Waals surface area contributed by atoms with Gasteiger partial charge in [-0.1, -0.05) is 0 Å². The first-order chi connectivity index (χ1) is 11.3. The lowest BCUT2D eigenvalue weighted by Gasteiger charge is -2.08. The second-order valence-electron chi connectivity index (χ2n) is 4.80. The molecular weight excluding hydrogens is 310 g/mol. The average molecular weight is 323 g/mol. The van der Waals surface area contributed by atoms with E-state index in [1.54, 1.807) is 18.0 Å². The third-order valence-corrected chi connectivity index (χ3v) is 4.10. The summed E-state index contributed by atoms with van der Waals surface area (Å²) in [6.07, 6.45) is 7.16.